The Hall–Kier alpha value is -4.92. The number of ether oxygens (including phenoxy) is 2. The summed E-state index contributed by atoms with van der Waals surface area (Å²) < 4.78 is 12.8. The topological polar surface area (TPSA) is 85.6 Å². The summed E-state index contributed by atoms with van der Waals surface area (Å²) in [5.41, 5.74) is 5.62. The Labute approximate surface area is 244 Å². The smallest absolute Gasteiger partial charge is 0.254 e. The van der Waals surface area contributed by atoms with E-state index in [4.69, 9.17) is 24.5 Å². The molecule has 1 saturated heterocycles. The second-order valence-electron chi connectivity index (χ2n) is 10.9. The number of carbonyl (C=O) groups excluding carboxylic acids is 1. The molecule has 1 fully saturated rings. The van der Waals surface area contributed by atoms with Crippen molar-refractivity contribution >= 4 is 22.8 Å². The molecule has 0 radical (unpaired) electrons. The molecule has 9 nitrogen and oxygen atoms in total. The van der Waals surface area contributed by atoms with E-state index in [0.717, 1.165) is 52.6 Å². The molecule has 9 heteroatoms. The van der Waals surface area contributed by atoms with Crippen LogP contribution in [0.3, 0.4) is 0 Å². The van der Waals surface area contributed by atoms with Crippen LogP contribution in [0, 0.1) is 13.8 Å². The standard InChI is InChI=1S/C33H32N6O3/c1-22-9-11-24(12-10-22)19-29-34-31(30-23(2)36-39(32(30)35-29)26-7-4-3-5-8-26)37-15-6-16-38(18-17-37)33(40)25-13-14-27-28(20-25)42-21-41-27/h3-5,7-14,20H,6,15-19,21H2,1-2H3. The predicted molar refractivity (Wildman–Crippen MR) is 161 cm³/mol. The SMILES string of the molecule is Cc1ccc(Cc2nc(N3CCCN(C(=O)c4ccc5c(c4)OCO5)CC3)c3c(C)nn(-c4ccccc4)c3n2)cc1. The molecule has 0 saturated carbocycles. The lowest BCUT2D eigenvalue weighted by Gasteiger charge is -2.24. The number of amides is 1. The van der Waals surface area contributed by atoms with Crippen LogP contribution in [0.25, 0.3) is 16.7 Å². The van der Waals surface area contributed by atoms with E-state index in [-0.39, 0.29) is 12.7 Å². The van der Waals surface area contributed by atoms with Crippen molar-refractivity contribution in [1.82, 2.24) is 24.6 Å². The van der Waals surface area contributed by atoms with Gasteiger partial charge in [0, 0.05) is 38.2 Å². The highest BCUT2D eigenvalue weighted by atomic mass is 16.7. The highest BCUT2D eigenvalue weighted by molar-refractivity contribution is 5.95. The summed E-state index contributed by atoms with van der Waals surface area (Å²) in [4.78, 5) is 27.9. The Balaban J connectivity index is 1.23. The van der Waals surface area contributed by atoms with Crippen molar-refractivity contribution in [2.45, 2.75) is 26.7 Å². The largest absolute Gasteiger partial charge is 0.454 e. The van der Waals surface area contributed by atoms with E-state index < -0.39 is 0 Å². The van der Waals surface area contributed by atoms with Crippen LogP contribution in [-0.2, 0) is 6.42 Å². The number of benzene rings is 3. The number of nitrogens with zero attached hydrogens (tertiary/aromatic N) is 6. The van der Waals surface area contributed by atoms with Crippen LogP contribution in [-0.4, -0.2) is 63.5 Å². The van der Waals surface area contributed by atoms with Crippen molar-refractivity contribution in [3.63, 3.8) is 0 Å². The molecule has 4 heterocycles. The molecule has 2 aliphatic heterocycles. The van der Waals surface area contributed by atoms with E-state index in [1.807, 2.05) is 52.9 Å². The summed E-state index contributed by atoms with van der Waals surface area (Å²) in [6, 6.07) is 24.0. The van der Waals surface area contributed by atoms with Gasteiger partial charge in [-0.3, -0.25) is 4.79 Å². The zero-order valence-electron chi connectivity index (χ0n) is 23.8. The molecule has 3 aromatic carbocycles. The number of aryl methyl sites for hydroxylation is 2. The lowest BCUT2D eigenvalue weighted by atomic mass is 10.1. The number of hydrogen-bond acceptors (Lipinski definition) is 7. The van der Waals surface area contributed by atoms with Crippen molar-refractivity contribution in [2.75, 3.05) is 37.9 Å². The minimum absolute atomic E-state index is 0.00359. The fraction of sp³-hybridized carbons (Fsp3) is 0.273. The summed E-state index contributed by atoms with van der Waals surface area (Å²) in [6.07, 6.45) is 1.44. The molecule has 0 atom stereocenters. The van der Waals surface area contributed by atoms with Crippen LogP contribution in [0.15, 0.2) is 72.8 Å². The first-order chi connectivity index (χ1) is 20.5. The molecule has 42 heavy (non-hydrogen) atoms. The molecular formula is C33H32N6O3. The van der Waals surface area contributed by atoms with E-state index >= 15 is 0 Å². The van der Waals surface area contributed by atoms with E-state index in [0.29, 0.717) is 43.1 Å². The Morgan fingerprint density at radius 1 is 0.857 bits per heavy atom. The molecule has 0 bridgehead atoms. The first-order valence-corrected chi connectivity index (χ1v) is 14.3. The van der Waals surface area contributed by atoms with Crippen molar-refractivity contribution in [3.8, 4) is 17.2 Å². The summed E-state index contributed by atoms with van der Waals surface area (Å²) in [5, 5.41) is 5.86. The van der Waals surface area contributed by atoms with Gasteiger partial charge in [-0.1, -0.05) is 48.0 Å². The molecule has 5 aromatic rings. The van der Waals surface area contributed by atoms with Crippen molar-refractivity contribution in [3.05, 3.63) is 101 Å². The lowest BCUT2D eigenvalue weighted by molar-refractivity contribution is 0.0766. The third kappa shape index (κ3) is 4.91. The molecule has 0 aliphatic carbocycles. The maximum Gasteiger partial charge on any atom is 0.254 e. The van der Waals surface area contributed by atoms with Crippen LogP contribution >= 0.6 is 0 Å². The average Bonchev–Trinajstić information content (AvgIpc) is 3.53. The molecule has 0 unspecified atom stereocenters. The molecule has 2 aromatic heterocycles. The van der Waals surface area contributed by atoms with Gasteiger partial charge >= 0.3 is 0 Å². The van der Waals surface area contributed by atoms with Gasteiger partial charge in [0.2, 0.25) is 6.79 Å². The maximum atomic E-state index is 13.5. The average molecular weight is 561 g/mol. The van der Waals surface area contributed by atoms with Gasteiger partial charge in [0.25, 0.3) is 5.91 Å². The summed E-state index contributed by atoms with van der Waals surface area (Å²) in [7, 11) is 0. The van der Waals surface area contributed by atoms with Crippen molar-refractivity contribution in [2.24, 2.45) is 0 Å². The minimum atomic E-state index is -0.00359. The van der Waals surface area contributed by atoms with Gasteiger partial charge in [-0.2, -0.15) is 5.10 Å². The van der Waals surface area contributed by atoms with E-state index in [1.54, 1.807) is 12.1 Å². The number of hydrogen-bond donors (Lipinski definition) is 0. The molecule has 212 valence electrons. The third-order valence-electron chi connectivity index (χ3n) is 7.92. The van der Waals surface area contributed by atoms with E-state index in [9.17, 15) is 4.79 Å². The van der Waals surface area contributed by atoms with Gasteiger partial charge in [0.1, 0.15) is 11.6 Å². The predicted octanol–water partition coefficient (Wildman–Crippen LogP) is 5.10. The Morgan fingerprint density at radius 2 is 1.67 bits per heavy atom. The monoisotopic (exact) mass is 560 g/mol. The van der Waals surface area contributed by atoms with Gasteiger partial charge in [-0.25, -0.2) is 14.6 Å². The zero-order valence-corrected chi connectivity index (χ0v) is 23.8. The van der Waals surface area contributed by atoms with Crippen LogP contribution in [0.2, 0.25) is 0 Å². The highest BCUT2D eigenvalue weighted by Crippen LogP contribution is 2.33. The number of para-hydroxylation sites is 1. The summed E-state index contributed by atoms with van der Waals surface area (Å²) in [5.74, 6) is 2.91. The fourth-order valence-corrected chi connectivity index (χ4v) is 5.70. The molecule has 2 aliphatic rings. The fourth-order valence-electron chi connectivity index (χ4n) is 5.70. The maximum absolute atomic E-state index is 13.5. The van der Waals surface area contributed by atoms with Crippen molar-refractivity contribution in [1.29, 1.82) is 0 Å². The molecule has 7 rings (SSSR count). The first kappa shape index (κ1) is 26.0. The lowest BCUT2D eigenvalue weighted by Crippen LogP contribution is -2.35. The number of rotatable bonds is 5. The number of aromatic nitrogens is 4. The summed E-state index contributed by atoms with van der Waals surface area (Å²) in [6.45, 7) is 6.96. The number of fused-ring (bicyclic) bond motifs is 2. The second kappa shape index (κ2) is 10.8. The van der Waals surface area contributed by atoms with Crippen LogP contribution in [0.1, 0.15) is 39.4 Å². The van der Waals surface area contributed by atoms with Crippen LogP contribution in [0.5, 0.6) is 11.5 Å². The van der Waals surface area contributed by atoms with Gasteiger partial charge in [-0.15, -0.1) is 0 Å². The van der Waals surface area contributed by atoms with Gasteiger partial charge < -0.3 is 19.3 Å². The molecule has 1 amide bonds. The Bertz CT molecular complexity index is 1770. The zero-order chi connectivity index (χ0) is 28.6. The molecule has 0 spiro atoms. The van der Waals surface area contributed by atoms with Crippen LogP contribution < -0.4 is 14.4 Å². The molecular weight excluding hydrogens is 528 g/mol. The van der Waals surface area contributed by atoms with E-state index in [1.165, 1.54) is 5.56 Å². The number of anilines is 1. The minimum Gasteiger partial charge on any atom is -0.454 e. The van der Waals surface area contributed by atoms with E-state index in [2.05, 4.69) is 36.1 Å². The normalized spacial score (nSPS) is 14.8. The van der Waals surface area contributed by atoms with Gasteiger partial charge in [0.15, 0.2) is 17.1 Å². The van der Waals surface area contributed by atoms with Crippen LogP contribution in [0.4, 0.5) is 5.82 Å². The van der Waals surface area contributed by atoms with Gasteiger partial charge in [-0.05, 0) is 56.2 Å². The Morgan fingerprint density at radius 3 is 2.50 bits per heavy atom. The second-order valence-corrected chi connectivity index (χ2v) is 10.9. The summed E-state index contributed by atoms with van der Waals surface area (Å²) >= 11 is 0. The number of carbonyl (C=O) groups is 1. The molecule has 0 N–H and O–H groups in total. The quantitative estimate of drug-likeness (QED) is 0.296. The van der Waals surface area contributed by atoms with Gasteiger partial charge in [0.05, 0.1) is 16.8 Å². The highest BCUT2D eigenvalue weighted by Gasteiger charge is 2.26. The van der Waals surface area contributed by atoms with Crippen molar-refractivity contribution < 1.29 is 14.3 Å². The Kier molecular flexibility index (Phi) is 6.70. The third-order valence-corrected chi connectivity index (χ3v) is 7.92. The first-order valence-electron chi connectivity index (χ1n) is 14.3.